The summed E-state index contributed by atoms with van der Waals surface area (Å²) < 4.78 is 1.96. The van der Waals surface area contributed by atoms with Crippen LogP contribution in [0.2, 0.25) is 0 Å². The molecule has 1 amide bonds. The van der Waals surface area contributed by atoms with Crippen molar-refractivity contribution in [1.29, 1.82) is 0 Å². The Kier molecular flexibility index (Phi) is 4.71. The van der Waals surface area contributed by atoms with Crippen LogP contribution in [0.3, 0.4) is 0 Å². The van der Waals surface area contributed by atoms with Crippen molar-refractivity contribution in [3.05, 3.63) is 59.4 Å². The number of imidazole rings is 1. The van der Waals surface area contributed by atoms with E-state index in [-0.39, 0.29) is 17.4 Å². The van der Waals surface area contributed by atoms with Crippen LogP contribution in [0, 0.1) is 0 Å². The van der Waals surface area contributed by atoms with Gasteiger partial charge in [0, 0.05) is 29.2 Å². The molecule has 0 aliphatic rings. The van der Waals surface area contributed by atoms with Crippen molar-refractivity contribution in [2.45, 2.75) is 45.1 Å². The van der Waals surface area contributed by atoms with Crippen LogP contribution < -0.4 is 5.32 Å². The topological polar surface area (TPSA) is 46.4 Å². The zero-order chi connectivity index (χ0) is 17.2. The van der Waals surface area contributed by atoms with Gasteiger partial charge in [-0.1, -0.05) is 51.1 Å². The molecule has 1 N–H and O–H groups in total. The number of carbonyl (C=O) groups is 1. The van der Waals surface area contributed by atoms with E-state index in [0.29, 0.717) is 6.42 Å². The maximum absolute atomic E-state index is 12.5. The van der Waals surface area contributed by atoms with Gasteiger partial charge in [0.05, 0.1) is 12.1 Å². The molecule has 0 aliphatic heterocycles. The zero-order valence-electron chi connectivity index (χ0n) is 14.3. The Morgan fingerprint density at radius 1 is 1.33 bits per heavy atom. The highest BCUT2D eigenvalue weighted by Gasteiger charge is 2.31. The minimum absolute atomic E-state index is 0.0246. The lowest BCUT2D eigenvalue weighted by Gasteiger charge is -2.35. The molecular formula is C19H23N3OS. The first-order valence-corrected chi connectivity index (χ1v) is 9.14. The average molecular weight is 341 g/mol. The molecule has 5 heteroatoms. The SMILES string of the molecule is CCC(NC(=O)Cc1cn2ccsc2n1)C(C)(C)c1ccccc1. The number of amides is 1. The van der Waals surface area contributed by atoms with Gasteiger partial charge in [-0.05, 0) is 12.0 Å². The number of nitrogens with one attached hydrogen (secondary N) is 1. The van der Waals surface area contributed by atoms with Crippen molar-refractivity contribution in [2.75, 3.05) is 0 Å². The fourth-order valence-corrected chi connectivity index (χ4v) is 3.85. The molecule has 0 bridgehead atoms. The van der Waals surface area contributed by atoms with Crippen LogP contribution in [0.5, 0.6) is 0 Å². The van der Waals surface area contributed by atoms with Crippen LogP contribution in [0.25, 0.3) is 4.96 Å². The number of carbonyl (C=O) groups excluding carboxylic acids is 1. The van der Waals surface area contributed by atoms with E-state index in [9.17, 15) is 4.79 Å². The van der Waals surface area contributed by atoms with E-state index in [1.54, 1.807) is 11.3 Å². The molecule has 0 radical (unpaired) electrons. The summed E-state index contributed by atoms with van der Waals surface area (Å²) in [5.41, 5.74) is 1.92. The van der Waals surface area contributed by atoms with E-state index in [1.807, 2.05) is 40.4 Å². The van der Waals surface area contributed by atoms with E-state index >= 15 is 0 Å². The van der Waals surface area contributed by atoms with Gasteiger partial charge in [-0.3, -0.25) is 9.20 Å². The highest BCUT2D eigenvalue weighted by atomic mass is 32.1. The van der Waals surface area contributed by atoms with Gasteiger partial charge in [0.25, 0.3) is 0 Å². The van der Waals surface area contributed by atoms with Gasteiger partial charge in [-0.25, -0.2) is 4.98 Å². The number of hydrogen-bond donors (Lipinski definition) is 1. The molecule has 126 valence electrons. The molecule has 2 aromatic heterocycles. The third kappa shape index (κ3) is 3.36. The van der Waals surface area contributed by atoms with Crippen LogP contribution in [0.1, 0.15) is 38.4 Å². The molecule has 3 rings (SSSR count). The Morgan fingerprint density at radius 2 is 2.08 bits per heavy atom. The molecule has 1 unspecified atom stereocenters. The largest absolute Gasteiger partial charge is 0.352 e. The quantitative estimate of drug-likeness (QED) is 0.741. The summed E-state index contributed by atoms with van der Waals surface area (Å²) >= 11 is 1.58. The third-order valence-corrected chi connectivity index (χ3v) is 5.39. The molecule has 1 aromatic carbocycles. The smallest absolute Gasteiger partial charge is 0.226 e. The number of aromatic nitrogens is 2. The normalized spacial score (nSPS) is 13.1. The Bertz CT molecular complexity index is 791. The van der Waals surface area contributed by atoms with E-state index in [2.05, 4.69) is 43.2 Å². The lowest BCUT2D eigenvalue weighted by atomic mass is 9.76. The number of fused-ring (bicyclic) bond motifs is 1. The van der Waals surface area contributed by atoms with Crippen molar-refractivity contribution in [1.82, 2.24) is 14.7 Å². The minimum Gasteiger partial charge on any atom is -0.352 e. The van der Waals surface area contributed by atoms with Crippen molar-refractivity contribution in [3.63, 3.8) is 0 Å². The van der Waals surface area contributed by atoms with Crippen molar-refractivity contribution < 1.29 is 4.79 Å². The van der Waals surface area contributed by atoms with Crippen molar-refractivity contribution in [3.8, 4) is 0 Å². The van der Waals surface area contributed by atoms with E-state index in [1.165, 1.54) is 5.56 Å². The highest BCUT2D eigenvalue weighted by molar-refractivity contribution is 7.15. The molecule has 1 atom stereocenters. The summed E-state index contributed by atoms with van der Waals surface area (Å²) in [5, 5.41) is 5.19. The summed E-state index contributed by atoms with van der Waals surface area (Å²) in [6.07, 6.45) is 5.08. The summed E-state index contributed by atoms with van der Waals surface area (Å²) in [7, 11) is 0. The second-order valence-corrected chi connectivity index (χ2v) is 7.49. The predicted octanol–water partition coefficient (Wildman–Crippen LogP) is 3.81. The fraction of sp³-hybridized carbons (Fsp3) is 0.368. The number of hydrogen-bond acceptors (Lipinski definition) is 3. The first-order chi connectivity index (χ1) is 11.5. The van der Waals surface area contributed by atoms with Crippen LogP contribution in [0.4, 0.5) is 0 Å². The zero-order valence-corrected chi connectivity index (χ0v) is 15.1. The molecule has 24 heavy (non-hydrogen) atoms. The second-order valence-electron chi connectivity index (χ2n) is 6.62. The molecule has 0 saturated carbocycles. The average Bonchev–Trinajstić information content (AvgIpc) is 3.14. The Labute approximate surface area is 146 Å². The minimum atomic E-state index is -0.125. The van der Waals surface area contributed by atoms with Gasteiger partial charge in [0.15, 0.2) is 4.96 Å². The molecule has 0 saturated heterocycles. The van der Waals surface area contributed by atoms with Crippen LogP contribution in [0.15, 0.2) is 48.1 Å². The predicted molar refractivity (Wildman–Crippen MR) is 98.5 cm³/mol. The summed E-state index contributed by atoms with van der Waals surface area (Å²) in [6.45, 7) is 6.48. The van der Waals surface area contributed by atoms with E-state index < -0.39 is 0 Å². The van der Waals surface area contributed by atoms with Crippen LogP contribution in [-0.2, 0) is 16.6 Å². The lowest BCUT2D eigenvalue weighted by molar-refractivity contribution is -0.121. The van der Waals surface area contributed by atoms with Gasteiger partial charge in [-0.15, -0.1) is 11.3 Å². The maximum atomic E-state index is 12.5. The van der Waals surface area contributed by atoms with Crippen LogP contribution >= 0.6 is 11.3 Å². The molecule has 0 aliphatic carbocycles. The van der Waals surface area contributed by atoms with Crippen molar-refractivity contribution in [2.24, 2.45) is 0 Å². The van der Waals surface area contributed by atoms with Gasteiger partial charge in [0.2, 0.25) is 5.91 Å². The van der Waals surface area contributed by atoms with E-state index in [0.717, 1.165) is 17.1 Å². The summed E-state index contributed by atoms with van der Waals surface area (Å²) in [6, 6.07) is 10.4. The maximum Gasteiger partial charge on any atom is 0.226 e. The van der Waals surface area contributed by atoms with E-state index in [4.69, 9.17) is 0 Å². The summed E-state index contributed by atoms with van der Waals surface area (Å²) in [5.74, 6) is 0.0246. The van der Waals surface area contributed by atoms with Crippen molar-refractivity contribution >= 4 is 22.2 Å². The number of benzene rings is 1. The second kappa shape index (κ2) is 6.77. The monoisotopic (exact) mass is 341 g/mol. The van der Waals surface area contributed by atoms with Crippen LogP contribution in [-0.4, -0.2) is 21.3 Å². The fourth-order valence-electron chi connectivity index (χ4n) is 3.13. The molecule has 4 nitrogen and oxygen atoms in total. The number of nitrogens with zero attached hydrogens (tertiary/aromatic N) is 2. The molecule has 2 heterocycles. The molecule has 3 aromatic rings. The third-order valence-electron chi connectivity index (χ3n) is 4.62. The Balaban J connectivity index is 1.70. The molecule has 0 fully saturated rings. The summed E-state index contributed by atoms with van der Waals surface area (Å²) in [4.78, 5) is 17.9. The molecule has 0 spiro atoms. The Hall–Kier alpha value is -2.14. The molecular weight excluding hydrogens is 318 g/mol. The highest BCUT2D eigenvalue weighted by Crippen LogP contribution is 2.28. The van der Waals surface area contributed by atoms with Gasteiger partial charge >= 0.3 is 0 Å². The van der Waals surface area contributed by atoms with Gasteiger partial charge in [0.1, 0.15) is 0 Å². The first kappa shape index (κ1) is 16.7. The standard InChI is InChI=1S/C19H23N3OS/c1-4-16(19(2,3)14-8-6-5-7-9-14)21-17(23)12-15-13-22-10-11-24-18(22)20-15/h5-11,13,16H,4,12H2,1-3H3,(H,21,23). The lowest BCUT2D eigenvalue weighted by Crippen LogP contribution is -2.47. The number of rotatable bonds is 6. The Morgan fingerprint density at radius 3 is 2.75 bits per heavy atom. The van der Waals surface area contributed by atoms with Gasteiger partial charge in [-0.2, -0.15) is 0 Å². The first-order valence-electron chi connectivity index (χ1n) is 8.26. The van der Waals surface area contributed by atoms with Gasteiger partial charge < -0.3 is 5.32 Å². The number of thiazole rings is 1.